The summed E-state index contributed by atoms with van der Waals surface area (Å²) >= 11 is 0. The molecule has 0 aliphatic carbocycles. The number of carboxylic acid groups (broad SMARTS) is 1. The van der Waals surface area contributed by atoms with E-state index >= 15 is 0 Å². The maximum Gasteiger partial charge on any atom is 0.323 e. The Morgan fingerprint density at radius 3 is 3.08 bits per heavy atom. The van der Waals surface area contributed by atoms with Gasteiger partial charge in [0.05, 0.1) is 0 Å². The number of nitrogens with zero attached hydrogens (tertiary/aromatic N) is 1. The first-order chi connectivity index (χ1) is 5.59. The molecule has 0 spiro atoms. The Bertz CT molecular complexity index is 205. The first-order valence-corrected chi connectivity index (χ1v) is 3.84. The smallest absolute Gasteiger partial charge is 0.323 e. The highest BCUT2D eigenvalue weighted by molar-refractivity contribution is 5.80. The van der Waals surface area contributed by atoms with Crippen molar-refractivity contribution in [1.29, 1.82) is 0 Å². The largest absolute Gasteiger partial charge is 0.480 e. The standard InChI is InChI=1S/C7H12N2O3/c1-5-2-8-7(12)9(3-5)4-6(10)11/h5H,2-4H2,1H3,(H,8,12)(H,10,11). The third-order valence-corrected chi connectivity index (χ3v) is 1.75. The lowest BCUT2D eigenvalue weighted by atomic mass is 10.1. The second kappa shape index (κ2) is 3.42. The summed E-state index contributed by atoms with van der Waals surface area (Å²) in [4.78, 5) is 22.6. The fourth-order valence-corrected chi connectivity index (χ4v) is 1.20. The van der Waals surface area contributed by atoms with Crippen LogP contribution in [-0.4, -0.2) is 41.6 Å². The lowest BCUT2D eigenvalue weighted by Gasteiger charge is -2.30. The lowest BCUT2D eigenvalue weighted by molar-refractivity contribution is -0.137. The molecule has 0 radical (unpaired) electrons. The second-order valence-corrected chi connectivity index (χ2v) is 3.07. The summed E-state index contributed by atoms with van der Waals surface area (Å²) in [5.74, 6) is -0.652. The topological polar surface area (TPSA) is 69.6 Å². The molecule has 0 aromatic rings. The number of hydrogen-bond donors (Lipinski definition) is 2. The van der Waals surface area contributed by atoms with Crippen molar-refractivity contribution in [3.05, 3.63) is 0 Å². The van der Waals surface area contributed by atoms with E-state index in [9.17, 15) is 9.59 Å². The van der Waals surface area contributed by atoms with Crippen LogP contribution < -0.4 is 5.32 Å². The van der Waals surface area contributed by atoms with E-state index in [0.717, 1.165) is 0 Å². The van der Waals surface area contributed by atoms with Gasteiger partial charge in [0.2, 0.25) is 0 Å². The molecule has 12 heavy (non-hydrogen) atoms. The van der Waals surface area contributed by atoms with E-state index in [1.54, 1.807) is 0 Å². The summed E-state index contributed by atoms with van der Waals surface area (Å²) in [6.45, 7) is 2.91. The van der Waals surface area contributed by atoms with Crippen LogP contribution >= 0.6 is 0 Å². The van der Waals surface area contributed by atoms with Gasteiger partial charge in [0.25, 0.3) is 0 Å². The number of rotatable bonds is 2. The van der Waals surface area contributed by atoms with Crippen LogP contribution in [0, 0.1) is 5.92 Å². The van der Waals surface area contributed by atoms with Crippen LogP contribution in [0.1, 0.15) is 6.92 Å². The Labute approximate surface area is 70.4 Å². The van der Waals surface area contributed by atoms with Gasteiger partial charge in [-0.05, 0) is 5.92 Å². The number of urea groups is 1. The Morgan fingerprint density at radius 1 is 1.83 bits per heavy atom. The summed E-state index contributed by atoms with van der Waals surface area (Å²) < 4.78 is 0. The number of carbonyl (C=O) groups is 2. The number of carboxylic acids is 1. The van der Waals surface area contributed by atoms with Gasteiger partial charge >= 0.3 is 12.0 Å². The van der Waals surface area contributed by atoms with E-state index in [1.807, 2.05) is 6.92 Å². The molecule has 1 rings (SSSR count). The number of amides is 2. The predicted octanol–water partition coefficient (Wildman–Crippen LogP) is -0.268. The molecule has 2 amide bonds. The van der Waals surface area contributed by atoms with Gasteiger partial charge in [-0.15, -0.1) is 0 Å². The molecule has 1 saturated heterocycles. The van der Waals surface area contributed by atoms with Crippen LogP contribution in [0.3, 0.4) is 0 Å². The minimum Gasteiger partial charge on any atom is -0.480 e. The Kier molecular flexibility index (Phi) is 2.52. The highest BCUT2D eigenvalue weighted by Crippen LogP contribution is 2.04. The fraction of sp³-hybridized carbons (Fsp3) is 0.714. The number of hydrogen-bond acceptors (Lipinski definition) is 2. The zero-order valence-electron chi connectivity index (χ0n) is 6.91. The van der Waals surface area contributed by atoms with Crippen molar-refractivity contribution in [3.63, 3.8) is 0 Å². The SMILES string of the molecule is CC1CNC(=O)N(CC(=O)O)C1. The van der Waals surface area contributed by atoms with Gasteiger partial charge in [0.15, 0.2) is 0 Å². The molecule has 1 atom stereocenters. The summed E-state index contributed by atoms with van der Waals surface area (Å²) in [5, 5.41) is 11.1. The highest BCUT2D eigenvalue weighted by Gasteiger charge is 2.23. The fourth-order valence-electron chi connectivity index (χ4n) is 1.20. The zero-order chi connectivity index (χ0) is 9.14. The van der Waals surface area contributed by atoms with Crippen LogP contribution in [0.15, 0.2) is 0 Å². The maximum atomic E-state index is 11.0. The van der Waals surface area contributed by atoms with Gasteiger partial charge in [-0.3, -0.25) is 4.79 Å². The molecule has 1 fully saturated rings. The van der Waals surface area contributed by atoms with Crippen LogP contribution in [0.25, 0.3) is 0 Å². The lowest BCUT2D eigenvalue weighted by Crippen LogP contribution is -2.51. The van der Waals surface area contributed by atoms with Crippen molar-refractivity contribution in [1.82, 2.24) is 10.2 Å². The maximum absolute atomic E-state index is 11.0. The summed E-state index contributed by atoms with van der Waals surface area (Å²) in [7, 11) is 0. The molecule has 0 saturated carbocycles. The van der Waals surface area contributed by atoms with Crippen molar-refractivity contribution >= 4 is 12.0 Å². The summed E-state index contributed by atoms with van der Waals surface area (Å²) in [6.07, 6.45) is 0. The van der Waals surface area contributed by atoms with Crippen molar-refractivity contribution in [2.75, 3.05) is 19.6 Å². The second-order valence-electron chi connectivity index (χ2n) is 3.07. The van der Waals surface area contributed by atoms with Crippen molar-refractivity contribution in [2.24, 2.45) is 5.92 Å². The molecule has 5 heteroatoms. The molecule has 1 heterocycles. The van der Waals surface area contributed by atoms with Gasteiger partial charge in [0, 0.05) is 13.1 Å². The number of carbonyl (C=O) groups excluding carboxylic acids is 1. The van der Waals surface area contributed by atoms with E-state index in [0.29, 0.717) is 19.0 Å². The molecule has 1 aliphatic heterocycles. The monoisotopic (exact) mass is 172 g/mol. The van der Waals surface area contributed by atoms with Crippen LogP contribution in [0.5, 0.6) is 0 Å². The van der Waals surface area contributed by atoms with Crippen molar-refractivity contribution in [3.8, 4) is 0 Å². The third-order valence-electron chi connectivity index (χ3n) is 1.75. The number of nitrogens with one attached hydrogen (secondary N) is 1. The molecule has 1 unspecified atom stereocenters. The molecular weight excluding hydrogens is 160 g/mol. The van der Waals surface area contributed by atoms with Gasteiger partial charge in [-0.25, -0.2) is 4.79 Å². The summed E-state index contributed by atoms with van der Waals surface area (Å²) in [6, 6.07) is -0.282. The van der Waals surface area contributed by atoms with E-state index in [1.165, 1.54) is 4.90 Å². The first-order valence-electron chi connectivity index (χ1n) is 3.84. The third kappa shape index (κ3) is 2.11. The average molecular weight is 172 g/mol. The number of aliphatic carboxylic acids is 1. The highest BCUT2D eigenvalue weighted by atomic mass is 16.4. The molecule has 68 valence electrons. The van der Waals surface area contributed by atoms with E-state index in [4.69, 9.17) is 5.11 Å². The quantitative estimate of drug-likeness (QED) is 0.602. The molecular formula is C7H12N2O3. The van der Waals surface area contributed by atoms with Gasteiger partial charge in [-0.1, -0.05) is 6.92 Å². The average Bonchev–Trinajstić information content (AvgIpc) is 1.96. The van der Waals surface area contributed by atoms with Crippen molar-refractivity contribution < 1.29 is 14.7 Å². The molecule has 0 aromatic carbocycles. The molecule has 2 N–H and O–H groups in total. The normalized spacial score (nSPS) is 23.6. The summed E-state index contributed by atoms with van der Waals surface area (Å²) in [5.41, 5.74) is 0. The van der Waals surface area contributed by atoms with Gasteiger partial charge in [-0.2, -0.15) is 0 Å². The van der Waals surface area contributed by atoms with E-state index in [-0.39, 0.29) is 12.6 Å². The predicted molar refractivity (Wildman–Crippen MR) is 41.8 cm³/mol. The Balaban J connectivity index is 2.49. The van der Waals surface area contributed by atoms with Gasteiger partial charge < -0.3 is 15.3 Å². The molecule has 1 aliphatic rings. The van der Waals surface area contributed by atoms with E-state index in [2.05, 4.69) is 5.32 Å². The Morgan fingerprint density at radius 2 is 2.50 bits per heavy atom. The minimum atomic E-state index is -0.973. The zero-order valence-corrected chi connectivity index (χ0v) is 6.91. The first kappa shape index (κ1) is 8.83. The Hall–Kier alpha value is -1.26. The van der Waals surface area contributed by atoms with Crippen molar-refractivity contribution in [2.45, 2.75) is 6.92 Å². The van der Waals surface area contributed by atoms with Crippen LogP contribution in [-0.2, 0) is 4.79 Å². The van der Waals surface area contributed by atoms with Gasteiger partial charge in [0.1, 0.15) is 6.54 Å². The minimum absolute atomic E-state index is 0.212. The molecule has 0 aromatic heterocycles. The van der Waals surface area contributed by atoms with Crippen LogP contribution in [0.2, 0.25) is 0 Å². The molecule has 0 bridgehead atoms. The van der Waals surface area contributed by atoms with Crippen LogP contribution in [0.4, 0.5) is 4.79 Å². The molecule has 5 nitrogen and oxygen atoms in total. The van der Waals surface area contributed by atoms with E-state index < -0.39 is 5.97 Å².